The van der Waals surface area contributed by atoms with E-state index in [1.165, 1.54) is 12.8 Å². The Morgan fingerprint density at radius 3 is 2.56 bits per heavy atom. The highest BCUT2D eigenvalue weighted by molar-refractivity contribution is 5.17. The van der Waals surface area contributed by atoms with Crippen LogP contribution in [0.4, 0.5) is 0 Å². The number of hydrogen-bond donors (Lipinski definition) is 1. The lowest BCUT2D eigenvalue weighted by Crippen LogP contribution is -2.27. The maximum atomic E-state index is 10.0. The van der Waals surface area contributed by atoms with Gasteiger partial charge in [-0.3, -0.25) is 0 Å². The van der Waals surface area contributed by atoms with Gasteiger partial charge in [-0.2, -0.15) is 0 Å². The van der Waals surface area contributed by atoms with Crippen LogP contribution in [0.15, 0.2) is 30.3 Å². The van der Waals surface area contributed by atoms with Crippen molar-refractivity contribution < 1.29 is 5.11 Å². The molecule has 0 radical (unpaired) electrons. The summed E-state index contributed by atoms with van der Waals surface area (Å²) in [6, 6.07) is 10.7. The molecule has 1 N–H and O–H groups in total. The average Bonchev–Trinajstić information content (AvgIpc) is 3.15. The van der Waals surface area contributed by atoms with Crippen LogP contribution < -0.4 is 0 Å². The lowest BCUT2D eigenvalue weighted by Gasteiger charge is -2.21. The third kappa shape index (κ3) is 3.06. The standard InChI is InChI=1S/C14H21NO/c1-2-15(13-8-9-13)11-10-14(16)12-6-4-3-5-7-12/h3-7,13-14,16H,2,8-11H2,1H3. The van der Waals surface area contributed by atoms with Crippen LogP contribution in [0.2, 0.25) is 0 Å². The average molecular weight is 219 g/mol. The molecule has 16 heavy (non-hydrogen) atoms. The van der Waals surface area contributed by atoms with Crippen molar-refractivity contribution in [1.82, 2.24) is 4.90 Å². The van der Waals surface area contributed by atoms with Crippen LogP contribution in [0.3, 0.4) is 0 Å². The van der Waals surface area contributed by atoms with Crippen LogP contribution in [-0.2, 0) is 0 Å². The summed E-state index contributed by atoms with van der Waals surface area (Å²) in [6.07, 6.45) is 3.22. The lowest BCUT2D eigenvalue weighted by molar-refractivity contribution is 0.141. The zero-order chi connectivity index (χ0) is 11.4. The van der Waals surface area contributed by atoms with Gasteiger partial charge >= 0.3 is 0 Å². The van der Waals surface area contributed by atoms with Crippen LogP contribution in [0.5, 0.6) is 0 Å². The fraction of sp³-hybridized carbons (Fsp3) is 0.571. The van der Waals surface area contributed by atoms with Gasteiger partial charge in [0.25, 0.3) is 0 Å². The van der Waals surface area contributed by atoms with E-state index in [-0.39, 0.29) is 6.10 Å². The minimum atomic E-state index is -0.311. The Bertz CT molecular complexity index is 308. The van der Waals surface area contributed by atoms with Crippen molar-refractivity contribution in [2.24, 2.45) is 0 Å². The number of benzene rings is 1. The summed E-state index contributed by atoms with van der Waals surface area (Å²) in [6.45, 7) is 4.32. The number of nitrogens with zero attached hydrogens (tertiary/aromatic N) is 1. The Labute approximate surface area is 97.9 Å². The summed E-state index contributed by atoms with van der Waals surface area (Å²) in [5.41, 5.74) is 1.04. The van der Waals surface area contributed by atoms with Crippen molar-refractivity contribution in [3.05, 3.63) is 35.9 Å². The SMILES string of the molecule is CCN(CCC(O)c1ccccc1)C1CC1. The topological polar surface area (TPSA) is 23.5 Å². The second-order valence-corrected chi connectivity index (χ2v) is 4.57. The molecule has 0 spiro atoms. The molecule has 88 valence electrons. The molecular weight excluding hydrogens is 198 g/mol. The Kier molecular flexibility index (Phi) is 3.97. The van der Waals surface area contributed by atoms with Gasteiger partial charge in [0.15, 0.2) is 0 Å². The van der Waals surface area contributed by atoms with Crippen molar-refractivity contribution >= 4 is 0 Å². The number of rotatable bonds is 6. The molecule has 2 heteroatoms. The molecule has 2 rings (SSSR count). The molecule has 2 nitrogen and oxygen atoms in total. The molecule has 1 aliphatic carbocycles. The van der Waals surface area contributed by atoms with Crippen molar-refractivity contribution in [3.63, 3.8) is 0 Å². The molecule has 1 unspecified atom stereocenters. The molecule has 1 aromatic rings. The van der Waals surface area contributed by atoms with E-state index in [1.54, 1.807) is 0 Å². The predicted octanol–water partition coefficient (Wildman–Crippen LogP) is 2.59. The van der Waals surface area contributed by atoms with E-state index in [2.05, 4.69) is 11.8 Å². The number of hydrogen-bond acceptors (Lipinski definition) is 2. The summed E-state index contributed by atoms with van der Waals surface area (Å²) in [5, 5.41) is 10.0. The third-order valence-electron chi connectivity index (χ3n) is 3.34. The molecule has 0 aliphatic heterocycles. The van der Waals surface area contributed by atoms with E-state index < -0.39 is 0 Å². The highest BCUT2D eigenvalue weighted by Crippen LogP contribution is 2.27. The Balaban J connectivity index is 1.80. The van der Waals surface area contributed by atoms with E-state index >= 15 is 0 Å². The summed E-state index contributed by atoms with van der Waals surface area (Å²) >= 11 is 0. The fourth-order valence-electron chi connectivity index (χ4n) is 2.17. The quantitative estimate of drug-likeness (QED) is 0.795. The largest absolute Gasteiger partial charge is 0.388 e. The molecule has 1 fully saturated rings. The molecular formula is C14H21NO. The van der Waals surface area contributed by atoms with Crippen LogP contribution >= 0.6 is 0 Å². The first-order chi connectivity index (χ1) is 7.81. The maximum absolute atomic E-state index is 10.0. The number of aliphatic hydroxyl groups is 1. The molecule has 1 atom stereocenters. The van der Waals surface area contributed by atoms with Gasteiger partial charge in [-0.1, -0.05) is 37.3 Å². The van der Waals surface area contributed by atoms with Crippen LogP contribution in [0.25, 0.3) is 0 Å². The highest BCUT2D eigenvalue weighted by Gasteiger charge is 2.27. The van der Waals surface area contributed by atoms with Crippen LogP contribution in [0, 0.1) is 0 Å². The van der Waals surface area contributed by atoms with Gasteiger partial charge in [-0.05, 0) is 31.4 Å². The van der Waals surface area contributed by atoms with Gasteiger partial charge in [0.05, 0.1) is 6.10 Å². The maximum Gasteiger partial charge on any atom is 0.0802 e. The third-order valence-corrected chi connectivity index (χ3v) is 3.34. The van der Waals surface area contributed by atoms with Crippen molar-refractivity contribution in [2.75, 3.05) is 13.1 Å². The minimum Gasteiger partial charge on any atom is -0.388 e. The van der Waals surface area contributed by atoms with Crippen LogP contribution in [-0.4, -0.2) is 29.1 Å². The predicted molar refractivity (Wildman–Crippen MR) is 66.3 cm³/mol. The molecule has 1 saturated carbocycles. The van der Waals surface area contributed by atoms with Crippen molar-refractivity contribution in [2.45, 2.75) is 38.3 Å². The Hall–Kier alpha value is -0.860. The number of aliphatic hydroxyl groups excluding tert-OH is 1. The van der Waals surface area contributed by atoms with E-state index in [9.17, 15) is 5.11 Å². The van der Waals surface area contributed by atoms with Gasteiger partial charge in [0.1, 0.15) is 0 Å². The molecule has 0 bridgehead atoms. The van der Waals surface area contributed by atoms with E-state index in [0.29, 0.717) is 0 Å². The first-order valence-electron chi connectivity index (χ1n) is 6.28. The summed E-state index contributed by atoms with van der Waals surface area (Å²) in [4.78, 5) is 2.48. The molecule has 0 aromatic heterocycles. The second-order valence-electron chi connectivity index (χ2n) is 4.57. The first kappa shape index (κ1) is 11.6. The first-order valence-corrected chi connectivity index (χ1v) is 6.28. The second kappa shape index (κ2) is 5.46. The smallest absolute Gasteiger partial charge is 0.0802 e. The summed E-state index contributed by atoms with van der Waals surface area (Å²) in [7, 11) is 0. The molecule has 0 saturated heterocycles. The van der Waals surface area contributed by atoms with Gasteiger partial charge in [-0.15, -0.1) is 0 Å². The van der Waals surface area contributed by atoms with E-state index in [4.69, 9.17) is 0 Å². The van der Waals surface area contributed by atoms with Crippen LogP contribution in [0.1, 0.15) is 37.9 Å². The van der Waals surface area contributed by atoms with Gasteiger partial charge < -0.3 is 10.0 Å². The van der Waals surface area contributed by atoms with Gasteiger partial charge in [0, 0.05) is 12.6 Å². The minimum absolute atomic E-state index is 0.311. The summed E-state index contributed by atoms with van der Waals surface area (Å²) < 4.78 is 0. The van der Waals surface area contributed by atoms with Gasteiger partial charge in [0.2, 0.25) is 0 Å². The normalized spacial score (nSPS) is 17.7. The molecule has 1 aromatic carbocycles. The van der Waals surface area contributed by atoms with Gasteiger partial charge in [-0.25, -0.2) is 0 Å². The van der Waals surface area contributed by atoms with E-state index in [1.807, 2.05) is 30.3 Å². The Morgan fingerprint density at radius 2 is 2.00 bits per heavy atom. The monoisotopic (exact) mass is 219 g/mol. The highest BCUT2D eigenvalue weighted by atomic mass is 16.3. The van der Waals surface area contributed by atoms with E-state index in [0.717, 1.165) is 31.1 Å². The van der Waals surface area contributed by atoms with Crippen molar-refractivity contribution in [1.29, 1.82) is 0 Å². The molecule has 1 aliphatic rings. The zero-order valence-corrected chi connectivity index (χ0v) is 9.97. The molecule has 0 heterocycles. The lowest BCUT2D eigenvalue weighted by atomic mass is 10.1. The Morgan fingerprint density at radius 1 is 1.31 bits per heavy atom. The molecule has 0 amide bonds. The summed E-state index contributed by atoms with van der Waals surface area (Å²) in [5.74, 6) is 0. The fourth-order valence-corrected chi connectivity index (χ4v) is 2.17. The zero-order valence-electron chi connectivity index (χ0n) is 9.97. The van der Waals surface area contributed by atoms with Crippen molar-refractivity contribution in [3.8, 4) is 0 Å².